The average Bonchev–Trinajstić information content (AvgIpc) is 3.08. The van der Waals surface area contributed by atoms with Gasteiger partial charge in [-0.05, 0) is 41.1 Å². The number of hydrogen-bond donors (Lipinski definition) is 0. The number of para-hydroxylation sites is 2. The quantitative estimate of drug-likeness (QED) is 0.446. The van der Waals surface area contributed by atoms with Gasteiger partial charge in [0.25, 0.3) is 0 Å². The molecule has 0 radical (unpaired) electrons. The smallest absolute Gasteiger partial charge is 0.135 e. The monoisotopic (exact) mass is 343 g/mol. The Morgan fingerprint density at radius 3 is 2.36 bits per heavy atom. The molecule has 122 valence electrons. The lowest BCUT2D eigenvalue weighted by atomic mass is 10.1. The maximum Gasteiger partial charge on any atom is 0.135 e. The van der Waals surface area contributed by atoms with Gasteiger partial charge in [0.05, 0.1) is 5.52 Å². The van der Waals surface area contributed by atoms with Crippen molar-refractivity contribution in [3.63, 3.8) is 0 Å². The third kappa shape index (κ3) is 1.87. The first-order chi connectivity index (χ1) is 12.1. The van der Waals surface area contributed by atoms with E-state index in [2.05, 4.69) is 66.2 Å². The highest BCUT2D eigenvalue weighted by Crippen LogP contribution is 2.37. The van der Waals surface area contributed by atoms with Gasteiger partial charge in [-0.1, -0.05) is 55.6 Å². The molecule has 0 saturated heterocycles. The van der Waals surface area contributed by atoms with Crippen LogP contribution in [0.4, 0.5) is 4.39 Å². The van der Waals surface area contributed by atoms with E-state index >= 15 is 0 Å². The van der Waals surface area contributed by atoms with E-state index in [-0.39, 0.29) is 5.82 Å². The van der Waals surface area contributed by atoms with Crippen molar-refractivity contribution in [3.8, 4) is 16.8 Å². The van der Waals surface area contributed by atoms with E-state index in [9.17, 15) is 4.39 Å². The Bertz CT molecular complexity index is 1130. The molecule has 3 heteroatoms. The highest BCUT2D eigenvalue weighted by Gasteiger charge is 2.42. The van der Waals surface area contributed by atoms with E-state index in [0.717, 1.165) is 0 Å². The Labute approximate surface area is 147 Å². The first-order valence-electron chi connectivity index (χ1n) is 8.59. The van der Waals surface area contributed by atoms with Crippen LogP contribution in [0, 0.1) is 5.82 Å². The highest BCUT2D eigenvalue weighted by molar-refractivity contribution is 7.03. The summed E-state index contributed by atoms with van der Waals surface area (Å²) in [5, 5.41) is 3.83. The van der Waals surface area contributed by atoms with Crippen molar-refractivity contribution in [2.24, 2.45) is 0 Å². The lowest BCUT2D eigenvalue weighted by molar-refractivity contribution is 0.629. The average molecular weight is 343 g/mol. The fraction of sp³-hybridized carbons (Fsp3) is 0.0909. The molecule has 0 amide bonds. The summed E-state index contributed by atoms with van der Waals surface area (Å²) in [6.45, 7) is 4.66. The lowest BCUT2D eigenvalue weighted by Gasteiger charge is -2.22. The van der Waals surface area contributed by atoms with Crippen molar-refractivity contribution < 1.29 is 4.39 Å². The fourth-order valence-electron chi connectivity index (χ4n) is 4.33. The molecule has 1 aliphatic heterocycles. The SMILES string of the molecule is C[Si]1(C)c2cc(F)ccc2-c2c1n(-c1ccccc1)c1ccccc21. The third-order valence-corrected chi connectivity index (χ3v) is 8.82. The van der Waals surface area contributed by atoms with Crippen LogP contribution in [-0.4, -0.2) is 12.6 Å². The summed E-state index contributed by atoms with van der Waals surface area (Å²) < 4.78 is 16.4. The van der Waals surface area contributed by atoms with Gasteiger partial charge >= 0.3 is 0 Å². The molecule has 0 fully saturated rings. The van der Waals surface area contributed by atoms with Crippen LogP contribution in [0.25, 0.3) is 27.7 Å². The van der Waals surface area contributed by atoms with Crippen molar-refractivity contribution in [3.05, 3.63) is 78.6 Å². The van der Waals surface area contributed by atoms with Gasteiger partial charge in [0.1, 0.15) is 13.9 Å². The van der Waals surface area contributed by atoms with Crippen LogP contribution in [0.5, 0.6) is 0 Å². The minimum Gasteiger partial charge on any atom is -0.317 e. The van der Waals surface area contributed by atoms with Gasteiger partial charge in [0.2, 0.25) is 0 Å². The van der Waals surface area contributed by atoms with Gasteiger partial charge in [-0.25, -0.2) is 4.39 Å². The molecule has 1 nitrogen and oxygen atoms in total. The second-order valence-corrected chi connectivity index (χ2v) is 11.5. The van der Waals surface area contributed by atoms with Crippen molar-refractivity contribution in [2.75, 3.05) is 0 Å². The topological polar surface area (TPSA) is 4.93 Å². The van der Waals surface area contributed by atoms with E-state index in [1.807, 2.05) is 12.1 Å². The minimum atomic E-state index is -2.00. The van der Waals surface area contributed by atoms with Gasteiger partial charge < -0.3 is 4.57 Å². The van der Waals surface area contributed by atoms with E-state index in [0.29, 0.717) is 0 Å². The van der Waals surface area contributed by atoms with Gasteiger partial charge in [-0.15, -0.1) is 0 Å². The van der Waals surface area contributed by atoms with Crippen LogP contribution in [0.2, 0.25) is 13.1 Å². The normalized spacial score (nSPS) is 14.5. The molecule has 3 aromatic carbocycles. The molecule has 0 N–H and O–H groups in total. The molecule has 1 aliphatic rings. The number of rotatable bonds is 1. The Balaban J connectivity index is 1.98. The standard InChI is InChI=1S/C22H18FNSi/c1-25(2)20-14-15(23)12-13-18(20)21-17-10-6-7-11-19(17)24(22(21)25)16-8-4-3-5-9-16/h3-14H,1-2H3. The lowest BCUT2D eigenvalue weighted by Crippen LogP contribution is -2.52. The molecular formula is C22H18FNSi. The molecule has 0 atom stereocenters. The first kappa shape index (κ1) is 14.7. The summed E-state index contributed by atoms with van der Waals surface area (Å²) in [7, 11) is -2.00. The molecule has 5 rings (SSSR count). The van der Waals surface area contributed by atoms with Crippen LogP contribution in [0.1, 0.15) is 0 Å². The van der Waals surface area contributed by atoms with Gasteiger partial charge in [0.15, 0.2) is 0 Å². The second kappa shape index (κ2) is 4.93. The number of aromatic nitrogens is 1. The first-order valence-corrected chi connectivity index (χ1v) is 11.6. The highest BCUT2D eigenvalue weighted by atomic mass is 28.3. The number of benzene rings is 3. The van der Waals surface area contributed by atoms with Crippen molar-refractivity contribution >= 4 is 29.5 Å². The van der Waals surface area contributed by atoms with E-state index in [1.165, 1.54) is 38.2 Å². The molecule has 0 spiro atoms. The maximum atomic E-state index is 14.0. The van der Waals surface area contributed by atoms with Crippen LogP contribution < -0.4 is 10.5 Å². The fourth-order valence-corrected chi connectivity index (χ4v) is 7.67. The zero-order valence-corrected chi connectivity index (χ0v) is 15.3. The van der Waals surface area contributed by atoms with Gasteiger partial charge in [-0.3, -0.25) is 0 Å². The van der Waals surface area contributed by atoms with Gasteiger partial charge in [-0.2, -0.15) is 0 Å². The molecule has 4 aromatic rings. The third-order valence-electron chi connectivity index (χ3n) is 5.41. The summed E-state index contributed by atoms with van der Waals surface area (Å²) in [5.41, 5.74) is 4.91. The number of halogens is 1. The molecule has 0 aliphatic carbocycles. The van der Waals surface area contributed by atoms with Crippen molar-refractivity contribution in [2.45, 2.75) is 13.1 Å². The zero-order valence-electron chi connectivity index (χ0n) is 14.3. The number of nitrogens with zero attached hydrogens (tertiary/aromatic N) is 1. The molecule has 1 aromatic heterocycles. The summed E-state index contributed by atoms with van der Waals surface area (Å²) in [6, 6.07) is 24.4. The predicted octanol–water partition coefficient (Wildman–Crippen LogP) is 4.57. The Kier molecular flexibility index (Phi) is 2.89. The van der Waals surface area contributed by atoms with Crippen molar-refractivity contribution in [1.29, 1.82) is 0 Å². The van der Waals surface area contributed by atoms with E-state index in [1.54, 1.807) is 12.1 Å². The summed E-state index contributed by atoms with van der Waals surface area (Å²) in [4.78, 5) is 0. The summed E-state index contributed by atoms with van der Waals surface area (Å²) >= 11 is 0. The van der Waals surface area contributed by atoms with Crippen LogP contribution in [0.3, 0.4) is 0 Å². The Hall–Kier alpha value is -2.65. The largest absolute Gasteiger partial charge is 0.317 e. The molecular weight excluding hydrogens is 325 g/mol. The Morgan fingerprint density at radius 2 is 1.56 bits per heavy atom. The molecule has 25 heavy (non-hydrogen) atoms. The second-order valence-electron chi connectivity index (χ2n) is 7.23. The van der Waals surface area contributed by atoms with Crippen molar-refractivity contribution in [1.82, 2.24) is 4.57 Å². The molecule has 0 bridgehead atoms. The van der Waals surface area contributed by atoms with E-state index < -0.39 is 8.07 Å². The molecule has 2 heterocycles. The molecule has 0 saturated carbocycles. The van der Waals surface area contributed by atoms with E-state index in [4.69, 9.17) is 0 Å². The summed E-state index contributed by atoms with van der Waals surface area (Å²) in [5.74, 6) is -0.139. The van der Waals surface area contributed by atoms with Crippen LogP contribution in [0.15, 0.2) is 72.8 Å². The zero-order chi connectivity index (χ0) is 17.2. The van der Waals surface area contributed by atoms with Crippen LogP contribution in [-0.2, 0) is 0 Å². The number of fused-ring (bicyclic) bond motifs is 5. The number of hydrogen-bond acceptors (Lipinski definition) is 0. The van der Waals surface area contributed by atoms with Crippen LogP contribution >= 0.6 is 0 Å². The minimum absolute atomic E-state index is 0.139. The predicted molar refractivity (Wildman–Crippen MR) is 105 cm³/mol. The molecule has 0 unspecified atom stereocenters. The Morgan fingerprint density at radius 1 is 0.840 bits per heavy atom. The maximum absolute atomic E-state index is 14.0. The van der Waals surface area contributed by atoms with Gasteiger partial charge in [0, 0.05) is 22.0 Å². The summed E-state index contributed by atoms with van der Waals surface area (Å²) in [6.07, 6.45) is 0.